The Morgan fingerprint density at radius 3 is 2.48 bits per heavy atom. The van der Waals surface area contributed by atoms with Crippen molar-refractivity contribution in [2.45, 2.75) is 6.42 Å². The van der Waals surface area contributed by atoms with Crippen LogP contribution in [-0.2, 0) is 11.2 Å². The monoisotopic (exact) mass is 455 g/mol. The fourth-order valence-electron chi connectivity index (χ4n) is 3.01. The van der Waals surface area contributed by atoms with Gasteiger partial charge in [0, 0.05) is 29.1 Å². The van der Waals surface area contributed by atoms with Gasteiger partial charge in [0.05, 0.1) is 23.5 Å². The minimum absolute atomic E-state index is 0.0470. The van der Waals surface area contributed by atoms with E-state index >= 15 is 0 Å². The van der Waals surface area contributed by atoms with Crippen LogP contribution in [-0.4, -0.2) is 35.9 Å². The summed E-state index contributed by atoms with van der Waals surface area (Å²) in [6.45, 7) is 1.13. The fourth-order valence-corrected chi connectivity index (χ4v) is 3.99. The normalized spacial score (nSPS) is 13.1. The summed E-state index contributed by atoms with van der Waals surface area (Å²) < 4.78 is 0. The van der Waals surface area contributed by atoms with Crippen molar-refractivity contribution in [3.63, 3.8) is 0 Å². The minimum Gasteiger partial charge on any atom is -0.336 e. The largest absolute Gasteiger partial charge is 0.336 e. The van der Waals surface area contributed by atoms with E-state index in [4.69, 9.17) is 11.6 Å². The molecule has 4 rings (SSSR count). The Bertz CT molecular complexity index is 1130. The van der Waals surface area contributed by atoms with Gasteiger partial charge in [-0.15, -0.1) is 11.3 Å². The molecule has 1 aliphatic heterocycles. The van der Waals surface area contributed by atoms with Gasteiger partial charge in [0.2, 0.25) is 5.91 Å². The molecule has 2 heterocycles. The number of benzene rings is 2. The molecular weight excluding hydrogens is 438 g/mol. The number of carbonyl (C=O) groups excluding carboxylic acids is 3. The second-order valence-electron chi connectivity index (χ2n) is 6.74. The first-order valence-electron chi connectivity index (χ1n) is 9.45. The smallest absolute Gasteiger partial charge is 0.323 e. The summed E-state index contributed by atoms with van der Waals surface area (Å²) >= 11 is 7.18. The van der Waals surface area contributed by atoms with Crippen LogP contribution in [0.1, 0.15) is 16.1 Å². The predicted octanol–water partition coefficient (Wildman–Crippen LogP) is 3.76. The molecule has 8 nitrogen and oxygen atoms in total. The van der Waals surface area contributed by atoms with E-state index in [2.05, 4.69) is 20.9 Å². The number of urea groups is 1. The molecule has 3 aromatic rings. The van der Waals surface area contributed by atoms with Crippen LogP contribution >= 0.6 is 22.9 Å². The van der Waals surface area contributed by atoms with Crippen molar-refractivity contribution in [1.82, 2.24) is 10.3 Å². The number of para-hydroxylation sites is 2. The quantitative estimate of drug-likeness (QED) is 0.526. The molecule has 1 saturated heterocycles. The number of amides is 4. The maximum atomic E-state index is 12.6. The van der Waals surface area contributed by atoms with E-state index in [1.807, 2.05) is 0 Å². The van der Waals surface area contributed by atoms with Crippen molar-refractivity contribution in [2.24, 2.45) is 0 Å². The topological polar surface area (TPSA) is 103 Å². The molecule has 31 heavy (non-hydrogen) atoms. The number of anilines is 3. The minimum atomic E-state index is -0.314. The molecule has 158 valence electrons. The number of hydrogen-bond acceptors (Lipinski definition) is 5. The van der Waals surface area contributed by atoms with Gasteiger partial charge in [0.25, 0.3) is 5.91 Å². The molecule has 3 N–H and O–H groups in total. The van der Waals surface area contributed by atoms with Crippen molar-refractivity contribution in [2.75, 3.05) is 28.6 Å². The van der Waals surface area contributed by atoms with Gasteiger partial charge in [-0.05, 0) is 36.4 Å². The van der Waals surface area contributed by atoms with Crippen molar-refractivity contribution >= 4 is 57.3 Å². The molecule has 0 bridgehead atoms. The Morgan fingerprint density at radius 2 is 1.81 bits per heavy atom. The van der Waals surface area contributed by atoms with Crippen LogP contribution in [0.2, 0.25) is 5.02 Å². The maximum Gasteiger partial charge on any atom is 0.323 e. The van der Waals surface area contributed by atoms with Crippen LogP contribution in [0.5, 0.6) is 0 Å². The first-order valence-corrected chi connectivity index (χ1v) is 10.7. The van der Waals surface area contributed by atoms with Crippen molar-refractivity contribution in [3.8, 4) is 0 Å². The molecule has 0 radical (unpaired) electrons. The van der Waals surface area contributed by atoms with Crippen LogP contribution in [0.15, 0.2) is 53.9 Å². The number of halogens is 1. The van der Waals surface area contributed by atoms with Crippen LogP contribution in [0.25, 0.3) is 0 Å². The highest BCUT2D eigenvalue weighted by molar-refractivity contribution is 7.14. The SMILES string of the molecule is O=C(Cc1csc(N2CCNC2=O)n1)Nc1ccccc1NC(=O)c1ccc(Cl)cc1. The summed E-state index contributed by atoms with van der Waals surface area (Å²) in [5.41, 5.74) is 1.97. The Labute approximate surface area is 187 Å². The third-order valence-corrected chi connectivity index (χ3v) is 5.69. The summed E-state index contributed by atoms with van der Waals surface area (Å²) in [6, 6.07) is 13.3. The highest BCUT2D eigenvalue weighted by Crippen LogP contribution is 2.24. The zero-order chi connectivity index (χ0) is 21.8. The van der Waals surface area contributed by atoms with E-state index in [-0.39, 0.29) is 24.3 Å². The number of nitrogens with zero attached hydrogens (tertiary/aromatic N) is 2. The standard InChI is InChI=1S/C21H18ClN5O3S/c22-14-7-5-13(6-8-14)19(29)26-17-4-2-1-3-16(17)25-18(28)11-15-12-31-21(24-15)27-10-9-23-20(27)30/h1-8,12H,9-11H2,(H,23,30)(H,25,28)(H,26,29). The fraction of sp³-hybridized carbons (Fsp3) is 0.143. The lowest BCUT2D eigenvalue weighted by atomic mass is 10.2. The second-order valence-corrected chi connectivity index (χ2v) is 8.01. The van der Waals surface area contributed by atoms with Gasteiger partial charge >= 0.3 is 6.03 Å². The maximum absolute atomic E-state index is 12.6. The molecule has 2 aromatic carbocycles. The van der Waals surface area contributed by atoms with E-state index in [0.717, 1.165) is 0 Å². The zero-order valence-corrected chi connectivity index (χ0v) is 17.8. The third-order valence-electron chi connectivity index (χ3n) is 4.52. The number of hydrogen-bond donors (Lipinski definition) is 3. The number of thiazole rings is 1. The molecule has 0 saturated carbocycles. The van der Waals surface area contributed by atoms with Gasteiger partial charge in [-0.1, -0.05) is 23.7 Å². The van der Waals surface area contributed by atoms with Crippen molar-refractivity contribution in [3.05, 3.63) is 70.2 Å². The van der Waals surface area contributed by atoms with Gasteiger partial charge in [-0.25, -0.2) is 9.78 Å². The van der Waals surface area contributed by atoms with Crippen LogP contribution in [0.3, 0.4) is 0 Å². The lowest BCUT2D eigenvalue weighted by Gasteiger charge is -2.12. The lowest BCUT2D eigenvalue weighted by molar-refractivity contribution is -0.115. The molecule has 0 unspecified atom stereocenters. The van der Waals surface area contributed by atoms with Gasteiger partial charge in [-0.2, -0.15) is 0 Å². The summed E-state index contributed by atoms with van der Waals surface area (Å²) in [6.07, 6.45) is 0.0470. The van der Waals surface area contributed by atoms with Gasteiger partial charge in [0.15, 0.2) is 5.13 Å². The molecule has 0 atom stereocenters. The average molecular weight is 456 g/mol. The molecule has 1 aromatic heterocycles. The van der Waals surface area contributed by atoms with E-state index in [0.29, 0.717) is 45.9 Å². The summed E-state index contributed by atoms with van der Waals surface area (Å²) in [5.74, 6) is -0.595. The van der Waals surface area contributed by atoms with Crippen LogP contribution in [0, 0.1) is 0 Å². The lowest BCUT2D eigenvalue weighted by Crippen LogP contribution is -2.27. The molecular formula is C21H18ClN5O3S. The Morgan fingerprint density at radius 1 is 1.10 bits per heavy atom. The predicted molar refractivity (Wildman–Crippen MR) is 121 cm³/mol. The number of carbonyl (C=O) groups is 3. The van der Waals surface area contributed by atoms with Crippen LogP contribution < -0.4 is 20.9 Å². The first-order chi connectivity index (χ1) is 15.0. The van der Waals surface area contributed by atoms with Crippen molar-refractivity contribution < 1.29 is 14.4 Å². The Balaban J connectivity index is 1.41. The molecule has 0 aliphatic carbocycles. The molecule has 1 fully saturated rings. The van der Waals surface area contributed by atoms with Gasteiger partial charge in [0.1, 0.15) is 0 Å². The second kappa shape index (κ2) is 9.15. The number of nitrogens with one attached hydrogen (secondary N) is 3. The summed E-state index contributed by atoms with van der Waals surface area (Å²) in [4.78, 5) is 42.7. The van der Waals surface area contributed by atoms with Crippen molar-refractivity contribution in [1.29, 1.82) is 0 Å². The molecule has 0 spiro atoms. The average Bonchev–Trinajstić information content (AvgIpc) is 3.38. The molecule has 10 heteroatoms. The number of rotatable bonds is 6. The Hall–Kier alpha value is -3.43. The van der Waals surface area contributed by atoms with Crippen LogP contribution in [0.4, 0.5) is 21.3 Å². The summed E-state index contributed by atoms with van der Waals surface area (Å²) in [5, 5.41) is 11.2. The zero-order valence-electron chi connectivity index (χ0n) is 16.2. The first kappa shape index (κ1) is 20.8. The van der Waals surface area contributed by atoms with Gasteiger partial charge < -0.3 is 16.0 Å². The van der Waals surface area contributed by atoms with Gasteiger partial charge in [-0.3, -0.25) is 14.5 Å². The number of aromatic nitrogens is 1. The van der Waals surface area contributed by atoms with E-state index in [1.54, 1.807) is 58.8 Å². The third kappa shape index (κ3) is 5.01. The highest BCUT2D eigenvalue weighted by atomic mass is 35.5. The molecule has 4 amide bonds. The van der Waals surface area contributed by atoms with E-state index < -0.39 is 0 Å². The van der Waals surface area contributed by atoms with E-state index in [1.165, 1.54) is 11.3 Å². The summed E-state index contributed by atoms with van der Waals surface area (Å²) in [7, 11) is 0. The van der Waals surface area contributed by atoms with E-state index in [9.17, 15) is 14.4 Å². The molecule has 1 aliphatic rings. The Kier molecular flexibility index (Phi) is 6.15. The highest BCUT2D eigenvalue weighted by Gasteiger charge is 2.24.